The molecule has 21 heavy (non-hydrogen) atoms. The third-order valence-corrected chi connectivity index (χ3v) is 3.86. The first kappa shape index (κ1) is 15.2. The molecule has 0 saturated heterocycles. The van der Waals surface area contributed by atoms with Gasteiger partial charge in [0.1, 0.15) is 0 Å². The fourth-order valence-corrected chi connectivity index (χ4v) is 2.32. The molecule has 1 aromatic carbocycles. The molecular formula is C15H19N3O3. The molecule has 0 spiro atoms. The molecule has 0 heterocycles. The molecule has 6 heteroatoms. The maximum Gasteiger partial charge on any atom is 0.276 e. The van der Waals surface area contributed by atoms with Gasteiger partial charge in [0.2, 0.25) is 5.91 Å². The summed E-state index contributed by atoms with van der Waals surface area (Å²) in [5, 5.41) is 13.8. The zero-order valence-corrected chi connectivity index (χ0v) is 11.9. The molecule has 0 radical (unpaired) electrons. The molecule has 1 saturated carbocycles. The van der Waals surface area contributed by atoms with Gasteiger partial charge in [-0.05, 0) is 37.8 Å². The summed E-state index contributed by atoms with van der Waals surface area (Å²) in [6.45, 7) is 2.31. The number of nitro benzene ring substituents is 1. The number of nitro groups is 1. The fraction of sp³-hybridized carbons (Fsp3) is 0.400. The number of nitrogens with zero attached hydrogens (tertiary/aromatic N) is 1. The SMILES string of the molecule is CC(CN)(NC(=O)/C=C/c1ccccc1[N+](=O)[O-])C1CC1. The van der Waals surface area contributed by atoms with Gasteiger partial charge in [-0.2, -0.15) is 0 Å². The van der Waals surface area contributed by atoms with Crippen LogP contribution in [-0.4, -0.2) is 22.9 Å². The smallest absolute Gasteiger partial charge is 0.276 e. The zero-order valence-electron chi connectivity index (χ0n) is 11.9. The molecule has 3 N–H and O–H groups in total. The van der Waals surface area contributed by atoms with Crippen molar-refractivity contribution >= 4 is 17.7 Å². The van der Waals surface area contributed by atoms with Gasteiger partial charge < -0.3 is 11.1 Å². The first-order valence-corrected chi connectivity index (χ1v) is 6.90. The number of para-hydroxylation sites is 1. The second kappa shape index (κ2) is 6.05. The Morgan fingerprint density at radius 1 is 1.52 bits per heavy atom. The first-order chi connectivity index (χ1) is 9.96. The Kier molecular flexibility index (Phi) is 4.37. The van der Waals surface area contributed by atoms with E-state index in [-0.39, 0.29) is 11.6 Å². The minimum Gasteiger partial charge on any atom is -0.346 e. The topological polar surface area (TPSA) is 98.3 Å². The van der Waals surface area contributed by atoms with E-state index in [1.807, 2.05) is 6.92 Å². The quantitative estimate of drug-likeness (QED) is 0.474. The lowest BCUT2D eigenvalue weighted by Gasteiger charge is -2.28. The highest BCUT2D eigenvalue weighted by Gasteiger charge is 2.41. The van der Waals surface area contributed by atoms with Crippen molar-refractivity contribution in [3.63, 3.8) is 0 Å². The van der Waals surface area contributed by atoms with Gasteiger partial charge in [0.25, 0.3) is 5.69 Å². The molecular weight excluding hydrogens is 270 g/mol. The number of benzene rings is 1. The second-order valence-electron chi connectivity index (χ2n) is 5.53. The number of hydrogen-bond acceptors (Lipinski definition) is 4. The van der Waals surface area contributed by atoms with E-state index < -0.39 is 10.5 Å². The number of rotatable bonds is 6. The van der Waals surface area contributed by atoms with Crippen LogP contribution in [-0.2, 0) is 4.79 Å². The predicted molar refractivity (Wildman–Crippen MR) is 80.5 cm³/mol. The maximum atomic E-state index is 12.0. The molecule has 1 aromatic rings. The van der Waals surface area contributed by atoms with Gasteiger partial charge in [-0.1, -0.05) is 12.1 Å². The Hall–Kier alpha value is -2.21. The predicted octanol–water partition coefficient (Wildman–Crippen LogP) is 1.85. The van der Waals surface area contributed by atoms with E-state index >= 15 is 0 Å². The second-order valence-corrected chi connectivity index (χ2v) is 5.53. The van der Waals surface area contributed by atoms with Gasteiger partial charge >= 0.3 is 0 Å². The minimum absolute atomic E-state index is 0.0228. The number of carbonyl (C=O) groups excluding carboxylic acids is 1. The third kappa shape index (κ3) is 3.66. The van der Waals surface area contributed by atoms with E-state index in [0.29, 0.717) is 18.0 Å². The Morgan fingerprint density at radius 2 is 2.19 bits per heavy atom. The molecule has 0 aromatic heterocycles. The largest absolute Gasteiger partial charge is 0.346 e. The average Bonchev–Trinajstić information content (AvgIpc) is 3.30. The summed E-state index contributed by atoms with van der Waals surface area (Å²) >= 11 is 0. The van der Waals surface area contributed by atoms with Crippen LogP contribution < -0.4 is 11.1 Å². The molecule has 1 amide bonds. The van der Waals surface area contributed by atoms with Gasteiger partial charge in [-0.15, -0.1) is 0 Å². The normalized spacial score (nSPS) is 17.4. The number of nitrogens with one attached hydrogen (secondary N) is 1. The summed E-state index contributed by atoms with van der Waals surface area (Å²) in [5.41, 5.74) is 5.72. The Balaban J connectivity index is 2.07. The van der Waals surface area contributed by atoms with Crippen molar-refractivity contribution in [2.75, 3.05) is 6.54 Å². The summed E-state index contributed by atoms with van der Waals surface area (Å²) in [5.74, 6) is 0.138. The van der Waals surface area contributed by atoms with Gasteiger partial charge in [-0.3, -0.25) is 14.9 Å². The van der Waals surface area contributed by atoms with Gasteiger partial charge in [-0.25, -0.2) is 0 Å². The van der Waals surface area contributed by atoms with Crippen molar-refractivity contribution in [3.05, 3.63) is 46.0 Å². The molecule has 2 rings (SSSR count). The summed E-state index contributed by atoms with van der Waals surface area (Å²) < 4.78 is 0. The number of carbonyl (C=O) groups is 1. The molecule has 112 valence electrons. The van der Waals surface area contributed by atoms with Crippen molar-refractivity contribution in [1.29, 1.82) is 0 Å². The zero-order chi connectivity index (χ0) is 15.5. The van der Waals surface area contributed by atoms with Crippen LogP contribution in [0.2, 0.25) is 0 Å². The lowest BCUT2D eigenvalue weighted by molar-refractivity contribution is -0.385. The molecule has 6 nitrogen and oxygen atoms in total. The van der Waals surface area contributed by atoms with Crippen molar-refractivity contribution < 1.29 is 9.72 Å². The number of amides is 1. The molecule has 1 fully saturated rings. The summed E-state index contributed by atoms with van der Waals surface area (Å²) in [7, 11) is 0. The highest BCUT2D eigenvalue weighted by atomic mass is 16.6. The Morgan fingerprint density at radius 3 is 2.76 bits per heavy atom. The molecule has 0 aliphatic heterocycles. The standard InChI is InChI=1S/C15H19N3O3/c1-15(10-16,12-7-8-12)17-14(19)9-6-11-4-2-3-5-13(11)18(20)21/h2-6,9,12H,7-8,10,16H2,1H3,(H,17,19)/b9-6+. The molecule has 1 aliphatic carbocycles. The van der Waals surface area contributed by atoms with Crippen LogP contribution in [0.25, 0.3) is 6.08 Å². The first-order valence-electron chi connectivity index (χ1n) is 6.90. The van der Waals surface area contributed by atoms with Crippen LogP contribution in [0.1, 0.15) is 25.3 Å². The van der Waals surface area contributed by atoms with E-state index in [1.165, 1.54) is 18.2 Å². The van der Waals surface area contributed by atoms with Crippen LogP contribution in [0, 0.1) is 16.0 Å². The van der Waals surface area contributed by atoms with Gasteiger partial charge in [0.05, 0.1) is 16.0 Å². The van der Waals surface area contributed by atoms with E-state index in [9.17, 15) is 14.9 Å². The van der Waals surface area contributed by atoms with Crippen molar-refractivity contribution in [2.24, 2.45) is 11.7 Å². The third-order valence-electron chi connectivity index (χ3n) is 3.86. The van der Waals surface area contributed by atoms with E-state index in [4.69, 9.17) is 5.73 Å². The number of hydrogen-bond donors (Lipinski definition) is 2. The molecule has 1 atom stereocenters. The highest BCUT2D eigenvalue weighted by molar-refractivity contribution is 5.92. The number of nitrogens with two attached hydrogens (primary N) is 1. The highest BCUT2D eigenvalue weighted by Crippen LogP contribution is 2.38. The monoisotopic (exact) mass is 289 g/mol. The van der Waals surface area contributed by atoms with E-state index in [0.717, 1.165) is 12.8 Å². The summed E-state index contributed by atoms with van der Waals surface area (Å²) in [6.07, 6.45) is 4.92. The molecule has 1 aliphatic rings. The van der Waals surface area contributed by atoms with Crippen LogP contribution >= 0.6 is 0 Å². The van der Waals surface area contributed by atoms with Crippen LogP contribution in [0.3, 0.4) is 0 Å². The molecule has 1 unspecified atom stereocenters. The maximum absolute atomic E-state index is 12.0. The Labute approximate surface area is 123 Å². The summed E-state index contributed by atoms with van der Waals surface area (Å²) in [6, 6.07) is 6.30. The van der Waals surface area contributed by atoms with Crippen LogP contribution in [0.5, 0.6) is 0 Å². The van der Waals surface area contributed by atoms with Gasteiger partial charge in [0, 0.05) is 18.7 Å². The Bertz CT molecular complexity index is 581. The van der Waals surface area contributed by atoms with Crippen molar-refractivity contribution in [3.8, 4) is 0 Å². The van der Waals surface area contributed by atoms with Crippen LogP contribution in [0.15, 0.2) is 30.3 Å². The van der Waals surface area contributed by atoms with Crippen molar-refractivity contribution in [2.45, 2.75) is 25.3 Å². The van der Waals surface area contributed by atoms with Crippen molar-refractivity contribution in [1.82, 2.24) is 5.32 Å². The van der Waals surface area contributed by atoms with Gasteiger partial charge in [0.15, 0.2) is 0 Å². The lowest BCUT2D eigenvalue weighted by Crippen LogP contribution is -2.52. The lowest BCUT2D eigenvalue weighted by atomic mass is 9.96. The van der Waals surface area contributed by atoms with E-state index in [1.54, 1.807) is 18.2 Å². The molecule has 0 bridgehead atoms. The fourth-order valence-electron chi connectivity index (χ4n) is 2.32. The van der Waals surface area contributed by atoms with Crippen LogP contribution in [0.4, 0.5) is 5.69 Å². The van der Waals surface area contributed by atoms with E-state index in [2.05, 4.69) is 5.32 Å². The minimum atomic E-state index is -0.466. The summed E-state index contributed by atoms with van der Waals surface area (Å²) in [4.78, 5) is 22.4. The average molecular weight is 289 g/mol.